The molecule has 0 radical (unpaired) electrons. The summed E-state index contributed by atoms with van der Waals surface area (Å²) in [5.74, 6) is 0. The number of aromatic nitrogens is 1. The number of nitrogens with zero attached hydrogens (tertiary/aromatic N) is 1. The first-order valence-electron chi connectivity index (χ1n) is 5.27. The molecule has 0 saturated heterocycles. The van der Waals surface area contributed by atoms with Gasteiger partial charge in [0.05, 0.1) is 6.54 Å². The number of hydrogen-bond acceptors (Lipinski definition) is 1. The Morgan fingerprint density at radius 1 is 1.31 bits per heavy atom. The number of benzene rings is 1. The molecule has 1 heterocycles. The van der Waals surface area contributed by atoms with Crippen LogP contribution in [0, 0.1) is 6.92 Å². The van der Waals surface area contributed by atoms with Gasteiger partial charge >= 0.3 is 0 Å². The zero-order valence-corrected chi connectivity index (χ0v) is 11.1. The van der Waals surface area contributed by atoms with E-state index in [1.165, 1.54) is 16.9 Å². The maximum absolute atomic E-state index is 3.47. The molecule has 0 spiro atoms. The first-order valence-corrected chi connectivity index (χ1v) is 6.06. The van der Waals surface area contributed by atoms with E-state index in [1.54, 1.807) is 0 Å². The van der Waals surface area contributed by atoms with E-state index in [0.29, 0.717) is 0 Å². The predicted molar refractivity (Wildman–Crippen MR) is 71.6 cm³/mol. The van der Waals surface area contributed by atoms with Gasteiger partial charge in [-0.25, -0.2) is 0 Å². The van der Waals surface area contributed by atoms with Crippen LogP contribution in [0.15, 0.2) is 41.0 Å². The molecular formula is C13H15BrN2. The summed E-state index contributed by atoms with van der Waals surface area (Å²) in [5.41, 5.74) is 3.72. The number of halogens is 1. The topological polar surface area (TPSA) is 17.0 Å². The summed E-state index contributed by atoms with van der Waals surface area (Å²) in [5, 5.41) is 3.44. The minimum Gasteiger partial charge on any atom is -0.379 e. The highest BCUT2D eigenvalue weighted by atomic mass is 79.9. The van der Waals surface area contributed by atoms with E-state index in [4.69, 9.17) is 0 Å². The number of anilines is 1. The van der Waals surface area contributed by atoms with Gasteiger partial charge in [0.1, 0.15) is 0 Å². The normalized spacial score (nSPS) is 10.4. The Hall–Kier alpha value is -1.22. The predicted octanol–water partition coefficient (Wildman–Crippen LogP) is 3.71. The lowest BCUT2D eigenvalue weighted by Crippen LogP contribution is -2.04. The van der Waals surface area contributed by atoms with E-state index in [2.05, 4.69) is 76.3 Å². The van der Waals surface area contributed by atoms with Crippen LogP contribution in [-0.4, -0.2) is 4.57 Å². The van der Waals surface area contributed by atoms with Crippen molar-refractivity contribution in [2.75, 3.05) is 5.32 Å². The van der Waals surface area contributed by atoms with Crippen molar-refractivity contribution in [1.82, 2.24) is 4.57 Å². The van der Waals surface area contributed by atoms with Crippen molar-refractivity contribution < 1.29 is 0 Å². The summed E-state index contributed by atoms with van der Waals surface area (Å²) in [6.45, 7) is 2.96. The van der Waals surface area contributed by atoms with E-state index >= 15 is 0 Å². The van der Waals surface area contributed by atoms with Crippen LogP contribution in [0.5, 0.6) is 0 Å². The fourth-order valence-electron chi connectivity index (χ4n) is 1.69. The molecule has 84 valence electrons. The van der Waals surface area contributed by atoms with Crippen molar-refractivity contribution in [3.8, 4) is 0 Å². The summed E-state index contributed by atoms with van der Waals surface area (Å²) in [6.07, 6.45) is 2.06. The molecule has 1 N–H and O–H groups in total. The van der Waals surface area contributed by atoms with Crippen LogP contribution >= 0.6 is 15.9 Å². The SMILES string of the molecule is Cc1cc(Br)ccc1NCc1cccn1C. The quantitative estimate of drug-likeness (QED) is 0.906. The van der Waals surface area contributed by atoms with Crippen molar-refractivity contribution in [2.24, 2.45) is 7.05 Å². The average Bonchev–Trinajstić information content (AvgIpc) is 2.63. The number of nitrogens with one attached hydrogen (secondary N) is 1. The van der Waals surface area contributed by atoms with Gasteiger partial charge in [0.2, 0.25) is 0 Å². The van der Waals surface area contributed by atoms with Crippen molar-refractivity contribution in [3.63, 3.8) is 0 Å². The van der Waals surface area contributed by atoms with Gasteiger partial charge in [-0.05, 0) is 42.8 Å². The number of aryl methyl sites for hydroxylation is 2. The molecule has 0 atom stereocenters. The van der Waals surface area contributed by atoms with E-state index in [1.807, 2.05) is 0 Å². The van der Waals surface area contributed by atoms with Crippen LogP contribution < -0.4 is 5.32 Å². The molecule has 0 aliphatic heterocycles. The van der Waals surface area contributed by atoms with E-state index < -0.39 is 0 Å². The maximum Gasteiger partial charge on any atom is 0.0553 e. The molecule has 0 fully saturated rings. The highest BCUT2D eigenvalue weighted by Crippen LogP contribution is 2.20. The molecule has 0 bridgehead atoms. The Balaban J connectivity index is 2.08. The maximum atomic E-state index is 3.47. The molecule has 0 saturated carbocycles. The lowest BCUT2D eigenvalue weighted by atomic mass is 10.2. The Bertz CT molecular complexity index is 488. The highest BCUT2D eigenvalue weighted by Gasteiger charge is 2.00. The van der Waals surface area contributed by atoms with Gasteiger partial charge in [0, 0.05) is 29.1 Å². The van der Waals surface area contributed by atoms with E-state index in [9.17, 15) is 0 Å². The summed E-state index contributed by atoms with van der Waals surface area (Å²) in [4.78, 5) is 0. The van der Waals surface area contributed by atoms with Crippen molar-refractivity contribution in [1.29, 1.82) is 0 Å². The van der Waals surface area contributed by atoms with E-state index in [-0.39, 0.29) is 0 Å². The van der Waals surface area contributed by atoms with Gasteiger partial charge in [0.15, 0.2) is 0 Å². The fourth-order valence-corrected chi connectivity index (χ4v) is 2.17. The number of hydrogen-bond donors (Lipinski definition) is 1. The van der Waals surface area contributed by atoms with Crippen LogP contribution in [0.1, 0.15) is 11.3 Å². The zero-order chi connectivity index (χ0) is 11.5. The second-order valence-electron chi connectivity index (χ2n) is 3.92. The lowest BCUT2D eigenvalue weighted by molar-refractivity contribution is 0.842. The van der Waals surface area contributed by atoms with Gasteiger partial charge in [-0.2, -0.15) is 0 Å². The summed E-state index contributed by atoms with van der Waals surface area (Å²) >= 11 is 3.47. The third-order valence-corrected chi connectivity index (χ3v) is 3.19. The molecule has 2 rings (SSSR count). The number of rotatable bonds is 3. The molecule has 0 aliphatic carbocycles. The monoisotopic (exact) mass is 278 g/mol. The average molecular weight is 279 g/mol. The van der Waals surface area contributed by atoms with E-state index in [0.717, 1.165) is 11.0 Å². The molecule has 16 heavy (non-hydrogen) atoms. The third kappa shape index (κ3) is 2.47. The van der Waals surface area contributed by atoms with Gasteiger partial charge in [-0.1, -0.05) is 15.9 Å². The largest absolute Gasteiger partial charge is 0.379 e. The van der Waals surface area contributed by atoms with Crippen LogP contribution in [0.4, 0.5) is 5.69 Å². The van der Waals surface area contributed by atoms with Gasteiger partial charge < -0.3 is 9.88 Å². The Morgan fingerprint density at radius 2 is 2.12 bits per heavy atom. The summed E-state index contributed by atoms with van der Waals surface area (Å²) in [6, 6.07) is 10.5. The lowest BCUT2D eigenvalue weighted by Gasteiger charge is -2.10. The Labute approximate surface area is 104 Å². The van der Waals surface area contributed by atoms with Crippen molar-refractivity contribution in [2.45, 2.75) is 13.5 Å². The first-order chi connectivity index (χ1) is 7.66. The fraction of sp³-hybridized carbons (Fsp3) is 0.231. The molecule has 3 heteroatoms. The van der Waals surface area contributed by atoms with Gasteiger partial charge in [-0.15, -0.1) is 0 Å². The standard InChI is InChI=1S/C13H15BrN2/c1-10-8-11(14)5-6-13(10)15-9-12-4-3-7-16(12)2/h3-8,15H,9H2,1-2H3. The molecule has 2 nitrogen and oxygen atoms in total. The molecule has 2 aromatic rings. The second kappa shape index (κ2) is 4.74. The highest BCUT2D eigenvalue weighted by molar-refractivity contribution is 9.10. The molecule has 0 aliphatic rings. The summed E-state index contributed by atoms with van der Waals surface area (Å²) < 4.78 is 3.25. The smallest absolute Gasteiger partial charge is 0.0553 e. The molecule has 0 unspecified atom stereocenters. The minimum atomic E-state index is 0.853. The minimum absolute atomic E-state index is 0.853. The van der Waals surface area contributed by atoms with Gasteiger partial charge in [-0.3, -0.25) is 0 Å². The van der Waals surface area contributed by atoms with Crippen LogP contribution in [0.3, 0.4) is 0 Å². The van der Waals surface area contributed by atoms with Crippen molar-refractivity contribution in [3.05, 3.63) is 52.3 Å². The third-order valence-electron chi connectivity index (χ3n) is 2.70. The first kappa shape index (κ1) is 11.3. The molecular weight excluding hydrogens is 264 g/mol. The van der Waals surface area contributed by atoms with Crippen molar-refractivity contribution >= 4 is 21.6 Å². The van der Waals surface area contributed by atoms with Crippen LogP contribution in [0.25, 0.3) is 0 Å². The molecule has 1 aromatic carbocycles. The Kier molecular flexibility index (Phi) is 3.34. The Morgan fingerprint density at radius 3 is 2.75 bits per heavy atom. The second-order valence-corrected chi connectivity index (χ2v) is 4.84. The zero-order valence-electron chi connectivity index (χ0n) is 9.50. The van der Waals surface area contributed by atoms with Gasteiger partial charge in [0.25, 0.3) is 0 Å². The van der Waals surface area contributed by atoms with Crippen LogP contribution in [-0.2, 0) is 13.6 Å². The van der Waals surface area contributed by atoms with Crippen LogP contribution in [0.2, 0.25) is 0 Å². The molecule has 0 amide bonds. The summed E-state index contributed by atoms with van der Waals surface area (Å²) in [7, 11) is 2.06. The molecule has 1 aromatic heterocycles.